The second kappa shape index (κ2) is 48.7. The molecule has 704 valence electrons. The van der Waals surface area contributed by atoms with Crippen LogP contribution in [0.4, 0.5) is 11.4 Å². The molecule has 0 N–H and O–H groups in total. The van der Waals surface area contributed by atoms with Crippen LogP contribution < -0.4 is 42.8 Å². The third kappa shape index (κ3) is 22.8. The molecule has 16 rings (SSSR count). The number of hydrogen-bond donors (Lipinski definition) is 0. The summed E-state index contributed by atoms with van der Waals surface area (Å²) < 4.78 is 55.1. The molecule has 137 heavy (non-hydrogen) atoms. The zero-order valence-corrected chi connectivity index (χ0v) is 82.3. The number of anilines is 2. The van der Waals surface area contributed by atoms with E-state index >= 15 is 0 Å². The zero-order valence-electron chi connectivity index (χ0n) is 82.3. The first-order valence-corrected chi connectivity index (χ1v) is 51.8. The van der Waals surface area contributed by atoms with E-state index in [-0.39, 0.29) is 0 Å². The molecule has 0 radical (unpaired) electrons. The van der Waals surface area contributed by atoms with Gasteiger partial charge in [-0.05, 0) is 298 Å². The molecule has 0 saturated heterocycles. The maximum Gasteiger partial charge on any atom is 0.182 e. The highest BCUT2D eigenvalue weighted by molar-refractivity contribution is 5.99. The Bertz CT molecular complexity index is 6260. The minimum Gasteiger partial charge on any atom is -0.494 e. The van der Waals surface area contributed by atoms with Crippen molar-refractivity contribution in [2.24, 2.45) is 0 Å². The molecule has 0 bridgehead atoms. The topological polar surface area (TPSA) is 90.0 Å². The number of aromatic nitrogens is 1. The van der Waals surface area contributed by atoms with Crippen LogP contribution in [0.25, 0.3) is 66.9 Å². The monoisotopic (exact) mass is 1820 g/mol. The summed E-state index contributed by atoms with van der Waals surface area (Å²) in [5, 5.41) is 0. The summed E-state index contributed by atoms with van der Waals surface area (Å²) in [6.45, 7) is 20.1. The Morgan fingerprint density at radius 3 is 1.20 bits per heavy atom. The van der Waals surface area contributed by atoms with Gasteiger partial charge in [-0.3, -0.25) is 4.98 Å². The average Bonchev–Trinajstić information content (AvgIpc) is 1.48. The maximum absolute atomic E-state index is 7.23. The van der Waals surface area contributed by atoms with E-state index in [0.717, 1.165) is 231 Å². The Morgan fingerprint density at radius 1 is 0.299 bits per heavy atom. The van der Waals surface area contributed by atoms with Gasteiger partial charge in [-0.25, -0.2) is 0 Å². The summed E-state index contributed by atoms with van der Waals surface area (Å²) in [6, 6.07) is 83.7. The van der Waals surface area contributed by atoms with Crippen LogP contribution in [-0.2, 0) is 10.8 Å². The number of benzene rings is 11. The van der Waals surface area contributed by atoms with E-state index in [9.17, 15) is 0 Å². The minimum atomic E-state index is -0.931. The van der Waals surface area contributed by atoms with E-state index in [0.29, 0.717) is 51.1 Å². The standard InChI is InChI=1S/C127H138N2O8/c1-9-15-21-27-33-42-75-130-102-63-59-100(60-64-102)126(101-61-65-103(66-62-101)131-76-43-34-28-22-16-10-2)112-85-95(55-68-106(112)107-69-57-97(86-113(107)126)98-58-72-119-121(88-98)137-120-83-94(8)54-71-118(120)129(119)74-41-48-77-132-104-51-49-50-99(84-104)117-52-39-40-73-128-117)96-56-70-108-105-67-53-93(7)82-111(105)127(114(108)87-96)115-91-124(135-80-46-37-31-25-19-13-5)122(133-78-44-35-29-23-17-11-3)89-109(115)110-90-123(134-79-45-36-30-24-18-12-4)125(92-116(110)127)136-81-47-38-32-26-20-14-6/h5,39-40,49-73,82-92H,9-12,14-18,20-24,26-30,32-36,38,41-45,47-48,74-79,81H2,1-4,6-8H3. The Kier molecular flexibility index (Phi) is 34.5. The van der Waals surface area contributed by atoms with Gasteiger partial charge in [0.25, 0.3) is 0 Å². The van der Waals surface area contributed by atoms with E-state index < -0.39 is 10.8 Å². The van der Waals surface area contributed by atoms with Crippen molar-refractivity contribution >= 4 is 11.4 Å². The third-order valence-corrected chi connectivity index (χ3v) is 28.0. The van der Waals surface area contributed by atoms with Crippen LogP contribution in [0.1, 0.15) is 296 Å². The number of ether oxygens (including phenoxy) is 8. The van der Waals surface area contributed by atoms with Gasteiger partial charge in [0.05, 0.1) is 67.5 Å². The molecule has 1 aliphatic heterocycles. The molecule has 12 aromatic rings. The number of unbranched alkanes of at least 4 members (excludes halogenated alkanes) is 26. The van der Waals surface area contributed by atoms with Gasteiger partial charge < -0.3 is 42.8 Å². The smallest absolute Gasteiger partial charge is 0.182 e. The second-order valence-corrected chi connectivity index (χ2v) is 37.8. The van der Waals surface area contributed by atoms with Crippen LogP contribution in [0.2, 0.25) is 0 Å². The molecule has 4 aliphatic rings. The summed E-state index contributed by atoms with van der Waals surface area (Å²) in [7, 11) is 0. The number of fused-ring (bicyclic) bond motifs is 15. The van der Waals surface area contributed by atoms with Gasteiger partial charge in [-0.1, -0.05) is 310 Å². The number of terminal acetylenes is 1. The maximum atomic E-state index is 7.23. The number of aryl methyl sites for hydroxylation is 2. The van der Waals surface area contributed by atoms with Gasteiger partial charge in [0.15, 0.2) is 34.5 Å². The van der Waals surface area contributed by atoms with Gasteiger partial charge >= 0.3 is 0 Å². The lowest BCUT2D eigenvalue weighted by Gasteiger charge is -2.35. The molecule has 1 unspecified atom stereocenters. The van der Waals surface area contributed by atoms with E-state index in [1.54, 1.807) is 0 Å². The second-order valence-electron chi connectivity index (χ2n) is 37.8. The third-order valence-electron chi connectivity index (χ3n) is 28.0. The van der Waals surface area contributed by atoms with Crippen LogP contribution in [0, 0.1) is 61.9 Å². The van der Waals surface area contributed by atoms with Crippen LogP contribution in [0.5, 0.6) is 51.7 Å². The molecule has 10 heteroatoms. The molecule has 1 spiro atoms. The van der Waals surface area contributed by atoms with Crippen molar-refractivity contribution in [1.82, 2.24) is 4.98 Å². The minimum absolute atomic E-state index is 0.508. The number of hydrogen-bond acceptors (Lipinski definition) is 10. The fourth-order valence-electron chi connectivity index (χ4n) is 20.8. The summed E-state index contributed by atoms with van der Waals surface area (Å²) in [5.41, 5.74) is 24.7. The Hall–Kier alpha value is -13.0. The molecular weight excluding hydrogens is 1680 g/mol. The van der Waals surface area contributed by atoms with Gasteiger partial charge in [0.2, 0.25) is 0 Å². The van der Waals surface area contributed by atoms with Crippen molar-refractivity contribution in [3.05, 3.63) is 286 Å². The highest BCUT2D eigenvalue weighted by Gasteiger charge is 2.54. The molecule has 1 aromatic heterocycles. The van der Waals surface area contributed by atoms with Crippen molar-refractivity contribution in [3.63, 3.8) is 0 Å². The van der Waals surface area contributed by atoms with E-state index in [2.05, 4.69) is 294 Å². The quantitative estimate of drug-likeness (QED) is 0.0271. The van der Waals surface area contributed by atoms with Crippen LogP contribution >= 0.6 is 0 Å². The summed E-state index contributed by atoms with van der Waals surface area (Å²) in [4.78, 5) is 7.03. The predicted molar refractivity (Wildman–Crippen MR) is 565 cm³/mol. The largest absolute Gasteiger partial charge is 0.494 e. The lowest BCUT2D eigenvalue weighted by molar-refractivity contribution is 0.258. The van der Waals surface area contributed by atoms with Gasteiger partial charge in [-0.2, -0.15) is 0 Å². The van der Waals surface area contributed by atoms with Crippen molar-refractivity contribution in [2.75, 3.05) is 51.1 Å². The Labute approximate surface area is 817 Å². The Balaban J connectivity index is 0.841. The SMILES string of the molecule is C#CC#CC#CC#COc1cc2c(cc1OCCCCCCCC)-c1cc(OCCCCCCCC)c(OCCCCCCCC)cc1C21c2cc(C)ccc2-c2ccc(-c3ccc4c(c3)C(c3ccc(OCCCCCCCC)cc3)(c3ccc(OCCCCCCCC)cc3)c3cc(-c5ccc6c(c5)Oc5cc(C)ccc5N6CCCCOc5cccc(-c6ccccn6)c5)ccc3-4)cc21. The molecule has 2 heterocycles. The Morgan fingerprint density at radius 2 is 0.693 bits per heavy atom. The highest BCUT2D eigenvalue weighted by Crippen LogP contribution is 2.67. The number of nitrogens with zero attached hydrogens (tertiary/aromatic N) is 2. The average molecular weight is 1820 g/mol. The van der Waals surface area contributed by atoms with Gasteiger partial charge in [0.1, 0.15) is 23.4 Å². The fraction of sp³-hybridized carbons (Fsp3) is 0.378. The van der Waals surface area contributed by atoms with Crippen LogP contribution in [0.15, 0.2) is 231 Å². The lowest BCUT2D eigenvalue weighted by Crippen LogP contribution is -2.28. The van der Waals surface area contributed by atoms with E-state index in [1.165, 1.54) is 155 Å². The van der Waals surface area contributed by atoms with Crippen LogP contribution in [0.3, 0.4) is 0 Å². The first kappa shape index (κ1) is 97.1. The predicted octanol–water partition coefficient (Wildman–Crippen LogP) is 33.2. The lowest BCUT2D eigenvalue weighted by atomic mass is 9.67. The zero-order chi connectivity index (χ0) is 94.4. The highest BCUT2D eigenvalue weighted by atomic mass is 16.5. The first-order chi connectivity index (χ1) is 67.6. The normalized spacial score (nSPS) is 13.3. The van der Waals surface area contributed by atoms with E-state index in [4.69, 9.17) is 44.3 Å². The molecule has 3 aliphatic carbocycles. The molecule has 10 nitrogen and oxygen atoms in total. The summed E-state index contributed by atoms with van der Waals surface area (Å²) in [5.74, 6) is 23.1. The molecule has 0 fully saturated rings. The van der Waals surface area contributed by atoms with Crippen molar-refractivity contribution < 1.29 is 37.9 Å². The first-order valence-electron chi connectivity index (χ1n) is 51.8. The molecule has 0 amide bonds. The molecule has 11 aromatic carbocycles. The molecular formula is C127H138N2O8. The van der Waals surface area contributed by atoms with Crippen molar-refractivity contribution in [2.45, 2.75) is 265 Å². The summed E-state index contributed by atoms with van der Waals surface area (Å²) in [6.07, 6.45) is 46.8. The number of pyridine rings is 1. The summed E-state index contributed by atoms with van der Waals surface area (Å²) >= 11 is 0. The molecule has 0 saturated carbocycles. The van der Waals surface area contributed by atoms with Crippen molar-refractivity contribution in [1.29, 1.82) is 0 Å². The number of rotatable bonds is 52. The molecule has 1 atom stereocenters. The van der Waals surface area contributed by atoms with Gasteiger partial charge in [-0.15, -0.1) is 6.42 Å². The van der Waals surface area contributed by atoms with E-state index in [1.807, 2.05) is 36.5 Å². The van der Waals surface area contributed by atoms with Crippen molar-refractivity contribution in [3.8, 4) is 167 Å². The van der Waals surface area contributed by atoms with Gasteiger partial charge in [0, 0.05) is 36.1 Å². The fourth-order valence-corrected chi connectivity index (χ4v) is 20.8. The van der Waals surface area contributed by atoms with Crippen LogP contribution in [-0.4, -0.2) is 51.2 Å².